The van der Waals surface area contributed by atoms with E-state index < -0.39 is 12.2 Å². The Morgan fingerprint density at radius 3 is 2.66 bits per heavy atom. The van der Waals surface area contributed by atoms with Crippen LogP contribution in [0.25, 0.3) is 0 Å². The van der Waals surface area contributed by atoms with Gasteiger partial charge in [-0.05, 0) is 39.0 Å². The number of carbonyl (C=O) groups is 2. The van der Waals surface area contributed by atoms with Gasteiger partial charge in [-0.1, -0.05) is 17.7 Å². The van der Waals surface area contributed by atoms with E-state index in [2.05, 4.69) is 0 Å². The maximum atomic E-state index is 13.3. The molecule has 2 atom stereocenters. The molecule has 0 spiro atoms. The lowest BCUT2D eigenvalue weighted by molar-refractivity contribution is -0.137. The highest BCUT2D eigenvalue weighted by Crippen LogP contribution is 2.40. The molecule has 3 aliphatic heterocycles. The molecule has 0 saturated carbocycles. The van der Waals surface area contributed by atoms with Gasteiger partial charge in [0.15, 0.2) is 12.2 Å². The number of benzene rings is 1. The Labute approximate surface area is 175 Å². The second kappa shape index (κ2) is 7.35. The third-order valence-electron chi connectivity index (χ3n) is 5.62. The van der Waals surface area contributed by atoms with Crippen molar-refractivity contribution in [2.45, 2.75) is 33.0 Å². The molecule has 8 nitrogen and oxygen atoms in total. The molecule has 3 aliphatic rings. The summed E-state index contributed by atoms with van der Waals surface area (Å²) in [7, 11) is 1.68. The van der Waals surface area contributed by atoms with E-state index in [0.717, 1.165) is 17.1 Å². The zero-order valence-corrected chi connectivity index (χ0v) is 17.7. The number of likely N-dealkylation sites (N-methyl/N-ethyl adjacent to an activating group) is 1. The predicted octanol–water partition coefficient (Wildman–Crippen LogP) is 2.71. The maximum absolute atomic E-state index is 13.3. The maximum Gasteiger partial charge on any atom is 0.328 e. The Bertz CT molecular complexity index is 930. The molecule has 0 N–H and O–H groups in total. The van der Waals surface area contributed by atoms with Gasteiger partial charge in [-0.3, -0.25) is 19.5 Å². The van der Waals surface area contributed by atoms with Crippen LogP contribution in [0, 0.1) is 0 Å². The van der Waals surface area contributed by atoms with E-state index in [1.54, 1.807) is 7.05 Å². The fraction of sp³-hybridized carbons (Fsp3) is 0.450. The van der Waals surface area contributed by atoms with E-state index in [1.165, 1.54) is 9.80 Å². The number of hydrogen-bond donors (Lipinski definition) is 0. The lowest BCUT2D eigenvalue weighted by atomic mass is 10.1. The zero-order valence-electron chi connectivity index (χ0n) is 16.9. The van der Waals surface area contributed by atoms with Crippen LogP contribution in [0.2, 0.25) is 5.02 Å². The summed E-state index contributed by atoms with van der Waals surface area (Å²) in [4.78, 5) is 37.6. The highest BCUT2D eigenvalue weighted by atomic mass is 35.5. The van der Waals surface area contributed by atoms with Crippen molar-refractivity contribution in [3.05, 3.63) is 40.7 Å². The van der Waals surface area contributed by atoms with Crippen molar-refractivity contribution >= 4 is 35.2 Å². The molecule has 3 amide bonds. The van der Waals surface area contributed by atoms with Crippen molar-refractivity contribution < 1.29 is 14.3 Å². The quantitative estimate of drug-likeness (QED) is 0.689. The van der Waals surface area contributed by atoms with Gasteiger partial charge in [0.2, 0.25) is 5.96 Å². The largest absolute Gasteiger partial charge is 0.380 e. The van der Waals surface area contributed by atoms with Crippen molar-refractivity contribution in [2.24, 2.45) is 4.99 Å². The Hall–Kier alpha value is -2.58. The van der Waals surface area contributed by atoms with E-state index in [1.807, 2.05) is 54.8 Å². The van der Waals surface area contributed by atoms with Gasteiger partial charge in [0, 0.05) is 30.1 Å². The number of nitrogens with zero attached hydrogens (tertiary/aromatic N) is 5. The highest BCUT2D eigenvalue weighted by Gasteiger charge is 2.55. The summed E-state index contributed by atoms with van der Waals surface area (Å²) in [6, 6.07) is 6.55. The third-order valence-corrected chi connectivity index (χ3v) is 5.86. The first-order valence-electron chi connectivity index (χ1n) is 9.63. The molecule has 0 aliphatic carbocycles. The number of urea groups is 1. The van der Waals surface area contributed by atoms with Crippen LogP contribution in [0.5, 0.6) is 0 Å². The molecule has 0 bridgehead atoms. The Balaban J connectivity index is 1.70. The van der Waals surface area contributed by atoms with Crippen molar-refractivity contribution in [3.8, 4) is 0 Å². The van der Waals surface area contributed by atoms with Crippen molar-refractivity contribution in [1.82, 2.24) is 14.7 Å². The van der Waals surface area contributed by atoms with Gasteiger partial charge in [0.25, 0.3) is 5.91 Å². The summed E-state index contributed by atoms with van der Waals surface area (Å²) in [5, 5.41) is 0.618. The molecule has 1 aromatic rings. The minimum absolute atomic E-state index is 0.224. The fourth-order valence-corrected chi connectivity index (χ4v) is 4.23. The van der Waals surface area contributed by atoms with Gasteiger partial charge in [-0.2, -0.15) is 0 Å². The summed E-state index contributed by atoms with van der Waals surface area (Å²) in [5.41, 5.74) is 2.76. The molecular weight excluding hydrogens is 394 g/mol. The molecule has 1 aromatic carbocycles. The molecule has 0 radical (unpaired) electrons. The minimum atomic E-state index is -0.589. The zero-order chi connectivity index (χ0) is 20.9. The first kappa shape index (κ1) is 19.7. The molecule has 1 fully saturated rings. The molecule has 154 valence electrons. The molecule has 0 aromatic heterocycles. The summed E-state index contributed by atoms with van der Waals surface area (Å²) in [5.74, 6) is 0.383. The molecule has 2 unspecified atom stereocenters. The van der Waals surface area contributed by atoms with Crippen LogP contribution in [-0.4, -0.2) is 71.6 Å². The number of carbonyl (C=O) groups excluding carboxylic acids is 2. The SMILES string of the molecule is CCOCCN1C(=O)C2C(N=C3N(c4cccc(Cl)c4)C(C)=C(C)N32)N(C)C1=O. The fourth-order valence-electron chi connectivity index (χ4n) is 4.04. The molecule has 3 heterocycles. The lowest BCUT2D eigenvalue weighted by Crippen LogP contribution is -2.65. The van der Waals surface area contributed by atoms with Crippen LogP contribution < -0.4 is 4.90 Å². The lowest BCUT2D eigenvalue weighted by Gasteiger charge is -2.40. The minimum Gasteiger partial charge on any atom is -0.380 e. The topological polar surface area (TPSA) is 68.7 Å². The number of hydrogen-bond acceptors (Lipinski definition) is 6. The highest BCUT2D eigenvalue weighted by molar-refractivity contribution is 6.31. The summed E-state index contributed by atoms with van der Waals surface area (Å²) in [6.45, 7) is 6.91. The number of allylic oxidation sites excluding steroid dienone is 2. The van der Waals surface area contributed by atoms with Crippen LogP contribution in [0.4, 0.5) is 10.5 Å². The number of fused-ring (bicyclic) bond motifs is 3. The first-order valence-corrected chi connectivity index (χ1v) is 10.0. The molecule has 1 saturated heterocycles. The molecule has 29 heavy (non-hydrogen) atoms. The number of amides is 3. The summed E-state index contributed by atoms with van der Waals surface area (Å²) < 4.78 is 5.35. The number of halogens is 1. The van der Waals surface area contributed by atoms with E-state index in [0.29, 0.717) is 24.2 Å². The van der Waals surface area contributed by atoms with E-state index >= 15 is 0 Å². The number of anilines is 1. The van der Waals surface area contributed by atoms with Crippen LogP contribution >= 0.6 is 11.6 Å². The van der Waals surface area contributed by atoms with E-state index in [9.17, 15) is 9.59 Å². The van der Waals surface area contributed by atoms with Crippen LogP contribution in [0.1, 0.15) is 20.8 Å². The third kappa shape index (κ3) is 2.98. The van der Waals surface area contributed by atoms with E-state index in [-0.39, 0.29) is 18.5 Å². The van der Waals surface area contributed by atoms with Crippen molar-refractivity contribution in [2.75, 3.05) is 31.7 Å². The monoisotopic (exact) mass is 417 g/mol. The summed E-state index contributed by atoms with van der Waals surface area (Å²) >= 11 is 6.20. The second-order valence-corrected chi connectivity index (χ2v) is 7.66. The Morgan fingerprint density at radius 2 is 1.97 bits per heavy atom. The average Bonchev–Trinajstić information content (AvgIpc) is 3.19. The normalized spacial score (nSPS) is 23.8. The summed E-state index contributed by atoms with van der Waals surface area (Å²) in [6.07, 6.45) is -0.571. The van der Waals surface area contributed by atoms with E-state index in [4.69, 9.17) is 21.3 Å². The number of guanidine groups is 1. The number of aliphatic imine (C=N–C) groups is 1. The number of ether oxygens (including phenoxy) is 1. The van der Waals surface area contributed by atoms with Gasteiger partial charge in [-0.25, -0.2) is 9.79 Å². The smallest absolute Gasteiger partial charge is 0.328 e. The van der Waals surface area contributed by atoms with Gasteiger partial charge in [0.05, 0.1) is 18.8 Å². The first-order chi connectivity index (χ1) is 13.9. The average molecular weight is 418 g/mol. The molecular formula is C20H24ClN5O3. The van der Waals surface area contributed by atoms with Crippen LogP contribution in [0.3, 0.4) is 0 Å². The second-order valence-electron chi connectivity index (χ2n) is 7.22. The molecule has 9 heteroatoms. The van der Waals surface area contributed by atoms with Crippen molar-refractivity contribution in [3.63, 3.8) is 0 Å². The molecule has 4 rings (SSSR count). The Kier molecular flexibility index (Phi) is 5.00. The van der Waals surface area contributed by atoms with Gasteiger partial charge >= 0.3 is 6.03 Å². The van der Waals surface area contributed by atoms with Gasteiger partial charge < -0.3 is 9.64 Å². The van der Waals surface area contributed by atoms with Crippen LogP contribution in [-0.2, 0) is 9.53 Å². The Morgan fingerprint density at radius 1 is 1.21 bits per heavy atom. The van der Waals surface area contributed by atoms with Crippen LogP contribution in [0.15, 0.2) is 40.7 Å². The van der Waals surface area contributed by atoms with Crippen molar-refractivity contribution in [1.29, 1.82) is 0 Å². The van der Waals surface area contributed by atoms with Gasteiger partial charge in [-0.15, -0.1) is 0 Å². The van der Waals surface area contributed by atoms with Gasteiger partial charge in [0.1, 0.15) is 0 Å². The standard InChI is InChI=1S/C20H24ClN5O3/c1-5-29-10-9-24-18(27)16-17(23(4)20(24)28)22-19-25(12(2)13(3)26(16)19)15-8-6-7-14(21)11-15/h6-8,11,16-17H,5,9-10H2,1-4H3. The number of imide groups is 1. The number of rotatable bonds is 5. The predicted molar refractivity (Wildman–Crippen MR) is 111 cm³/mol.